The van der Waals surface area contributed by atoms with E-state index in [1.807, 2.05) is 0 Å². The van der Waals surface area contributed by atoms with Crippen molar-refractivity contribution in [1.29, 1.82) is 5.26 Å². The Balaban J connectivity index is 2.94. The molecule has 0 bridgehead atoms. The quantitative estimate of drug-likeness (QED) is 0.767. The van der Waals surface area contributed by atoms with Crippen molar-refractivity contribution in [3.05, 3.63) is 18.0 Å². The molecule has 0 fully saturated rings. The van der Waals surface area contributed by atoms with Crippen molar-refractivity contribution >= 4 is 16.0 Å². The van der Waals surface area contributed by atoms with E-state index in [1.165, 1.54) is 19.2 Å². The van der Waals surface area contributed by atoms with Crippen LogP contribution in [0.3, 0.4) is 0 Å². The molecule has 7 heteroatoms. The lowest BCUT2D eigenvalue weighted by molar-refractivity contribution is 0.602. The molecule has 0 aliphatic rings. The minimum absolute atomic E-state index is 0.0624. The molecule has 1 aromatic rings. The molecule has 0 radical (unpaired) electrons. The Morgan fingerprint density at radius 1 is 1.64 bits per heavy atom. The summed E-state index contributed by atoms with van der Waals surface area (Å²) in [7, 11) is -3.38. The van der Waals surface area contributed by atoms with Gasteiger partial charge >= 0.3 is 0 Å². The van der Waals surface area contributed by atoms with E-state index in [9.17, 15) is 8.42 Å². The first-order valence-corrected chi connectivity index (χ1v) is 5.46. The number of anilines is 1. The van der Waals surface area contributed by atoms with Gasteiger partial charge < -0.3 is 0 Å². The van der Waals surface area contributed by atoms with E-state index in [1.54, 1.807) is 6.07 Å². The van der Waals surface area contributed by atoms with Crippen molar-refractivity contribution < 1.29 is 8.42 Å². The second-order valence-corrected chi connectivity index (χ2v) is 4.39. The van der Waals surface area contributed by atoms with Crippen molar-refractivity contribution in [2.24, 2.45) is 0 Å². The summed E-state index contributed by atoms with van der Waals surface area (Å²) in [5, 5.41) is 8.50. The molecule has 0 saturated carbocycles. The van der Waals surface area contributed by atoms with Gasteiger partial charge in [0, 0.05) is 6.20 Å². The zero-order chi connectivity index (χ0) is 10.6. The van der Waals surface area contributed by atoms with E-state index >= 15 is 0 Å². The molecule has 1 heterocycles. The van der Waals surface area contributed by atoms with Crippen LogP contribution in [0.1, 0.15) is 12.6 Å². The Morgan fingerprint density at radius 2 is 2.36 bits per heavy atom. The highest BCUT2D eigenvalue weighted by atomic mass is 32.2. The monoisotopic (exact) mass is 212 g/mol. The summed E-state index contributed by atoms with van der Waals surface area (Å²) in [6.07, 6.45) is 1.32. The van der Waals surface area contributed by atoms with Crippen molar-refractivity contribution in [1.82, 2.24) is 9.97 Å². The number of nitriles is 1. The number of sulfonamides is 1. The lowest BCUT2D eigenvalue weighted by atomic mass is 10.4. The van der Waals surface area contributed by atoms with Crippen molar-refractivity contribution in [3.63, 3.8) is 0 Å². The minimum atomic E-state index is -3.38. The minimum Gasteiger partial charge on any atom is -0.251 e. The standard InChI is InChI=1S/C7H8N4O2S/c1-2-14(12,13)11-7-9-4-3-6(5-8)10-7/h3-4H,2H2,1H3,(H,9,10,11). The summed E-state index contributed by atoms with van der Waals surface area (Å²) in [4.78, 5) is 7.33. The Kier molecular flexibility index (Phi) is 2.99. The lowest BCUT2D eigenvalue weighted by Gasteiger charge is -2.02. The van der Waals surface area contributed by atoms with Crippen LogP contribution in [0.15, 0.2) is 12.3 Å². The average molecular weight is 212 g/mol. The third-order valence-corrected chi connectivity index (χ3v) is 2.65. The Morgan fingerprint density at radius 3 is 2.93 bits per heavy atom. The molecule has 0 unspecified atom stereocenters. The van der Waals surface area contributed by atoms with Gasteiger partial charge in [0.05, 0.1) is 5.75 Å². The molecule has 1 rings (SSSR count). The van der Waals surface area contributed by atoms with Gasteiger partial charge in [-0.1, -0.05) is 0 Å². The molecule has 0 saturated heterocycles. The summed E-state index contributed by atoms with van der Waals surface area (Å²) >= 11 is 0. The number of hydrogen-bond donors (Lipinski definition) is 1. The second-order valence-electron chi connectivity index (χ2n) is 2.38. The highest BCUT2D eigenvalue weighted by Gasteiger charge is 2.08. The highest BCUT2D eigenvalue weighted by Crippen LogP contribution is 2.01. The maximum absolute atomic E-state index is 11.1. The zero-order valence-electron chi connectivity index (χ0n) is 7.43. The third kappa shape index (κ3) is 2.67. The van der Waals surface area contributed by atoms with Crippen molar-refractivity contribution in [2.45, 2.75) is 6.92 Å². The Hall–Kier alpha value is -1.68. The van der Waals surface area contributed by atoms with Crippen LogP contribution in [0.25, 0.3) is 0 Å². The van der Waals surface area contributed by atoms with Crippen LogP contribution in [0.2, 0.25) is 0 Å². The van der Waals surface area contributed by atoms with Crippen LogP contribution in [0.4, 0.5) is 5.95 Å². The highest BCUT2D eigenvalue weighted by molar-refractivity contribution is 7.92. The fourth-order valence-corrected chi connectivity index (χ4v) is 1.20. The van der Waals surface area contributed by atoms with Crippen LogP contribution < -0.4 is 4.72 Å². The average Bonchev–Trinajstić information content (AvgIpc) is 2.17. The molecule has 0 aliphatic carbocycles. The largest absolute Gasteiger partial charge is 0.251 e. The van der Waals surface area contributed by atoms with E-state index in [2.05, 4.69) is 14.7 Å². The Bertz CT molecular complexity index is 463. The molecule has 0 aliphatic heterocycles. The zero-order valence-corrected chi connectivity index (χ0v) is 8.24. The summed E-state index contributed by atoms with van der Waals surface area (Å²) in [5.74, 6) is -0.140. The SMILES string of the molecule is CCS(=O)(=O)Nc1nccc(C#N)n1. The first-order valence-electron chi connectivity index (χ1n) is 3.81. The van der Waals surface area contributed by atoms with E-state index in [0.717, 1.165) is 0 Å². The van der Waals surface area contributed by atoms with Crippen molar-refractivity contribution in [3.8, 4) is 6.07 Å². The van der Waals surface area contributed by atoms with Crippen LogP contribution in [0, 0.1) is 11.3 Å². The van der Waals surface area contributed by atoms with E-state index in [-0.39, 0.29) is 17.4 Å². The molecule has 1 aromatic heterocycles. The van der Waals surface area contributed by atoms with Gasteiger partial charge in [-0.25, -0.2) is 18.4 Å². The normalized spacial score (nSPS) is 10.6. The van der Waals surface area contributed by atoms with Crippen LogP contribution in [-0.4, -0.2) is 24.1 Å². The number of nitrogens with one attached hydrogen (secondary N) is 1. The first kappa shape index (κ1) is 10.4. The Labute approximate surface area is 81.7 Å². The smallest absolute Gasteiger partial charge is 0.237 e. The molecule has 74 valence electrons. The maximum Gasteiger partial charge on any atom is 0.237 e. The number of aromatic nitrogens is 2. The predicted octanol–water partition coefficient (Wildman–Crippen LogP) is 0.110. The van der Waals surface area contributed by atoms with Gasteiger partial charge in [0.2, 0.25) is 16.0 Å². The van der Waals surface area contributed by atoms with Gasteiger partial charge in [-0.2, -0.15) is 5.26 Å². The fourth-order valence-electron chi connectivity index (χ4n) is 0.681. The van der Waals surface area contributed by atoms with Gasteiger partial charge in [0.25, 0.3) is 0 Å². The van der Waals surface area contributed by atoms with Gasteiger partial charge in [-0.3, -0.25) is 4.72 Å². The first-order chi connectivity index (χ1) is 6.57. The molecule has 14 heavy (non-hydrogen) atoms. The molecule has 0 amide bonds. The van der Waals surface area contributed by atoms with Gasteiger partial charge in [0.15, 0.2) is 0 Å². The topological polar surface area (TPSA) is 95.7 Å². The van der Waals surface area contributed by atoms with E-state index < -0.39 is 10.0 Å². The van der Waals surface area contributed by atoms with Gasteiger partial charge in [-0.05, 0) is 13.0 Å². The summed E-state index contributed by atoms with van der Waals surface area (Å²) < 4.78 is 24.3. The van der Waals surface area contributed by atoms with Gasteiger partial charge in [-0.15, -0.1) is 0 Å². The summed E-state index contributed by atoms with van der Waals surface area (Å²) in [6.45, 7) is 1.50. The molecule has 0 spiro atoms. The van der Waals surface area contributed by atoms with Crippen LogP contribution in [0.5, 0.6) is 0 Å². The van der Waals surface area contributed by atoms with Gasteiger partial charge in [0.1, 0.15) is 11.8 Å². The number of hydrogen-bond acceptors (Lipinski definition) is 5. The van der Waals surface area contributed by atoms with Crippen LogP contribution in [-0.2, 0) is 10.0 Å². The molecule has 0 aromatic carbocycles. The van der Waals surface area contributed by atoms with Crippen molar-refractivity contribution in [2.75, 3.05) is 10.5 Å². The van der Waals surface area contributed by atoms with Crippen LogP contribution >= 0.6 is 0 Å². The summed E-state index contributed by atoms with van der Waals surface area (Å²) in [5.41, 5.74) is 0.119. The summed E-state index contributed by atoms with van der Waals surface area (Å²) in [6, 6.07) is 3.18. The molecule has 6 nitrogen and oxygen atoms in total. The molecular weight excluding hydrogens is 204 g/mol. The molecule has 1 N–H and O–H groups in total. The fraction of sp³-hybridized carbons (Fsp3) is 0.286. The lowest BCUT2D eigenvalue weighted by Crippen LogP contribution is -2.16. The predicted molar refractivity (Wildman–Crippen MR) is 49.8 cm³/mol. The van der Waals surface area contributed by atoms with E-state index in [4.69, 9.17) is 5.26 Å². The number of rotatable bonds is 3. The molecular formula is C7H8N4O2S. The molecule has 0 atom stereocenters. The van der Waals surface area contributed by atoms with E-state index in [0.29, 0.717) is 0 Å². The third-order valence-electron chi connectivity index (χ3n) is 1.40. The maximum atomic E-state index is 11.1. The number of nitrogens with zero attached hydrogens (tertiary/aromatic N) is 3. The second kappa shape index (κ2) is 4.02.